The van der Waals surface area contributed by atoms with E-state index in [0.29, 0.717) is 12.1 Å². The lowest BCUT2D eigenvalue weighted by molar-refractivity contribution is 0.637. The maximum Gasteiger partial charge on any atom is 0.0596 e. The van der Waals surface area contributed by atoms with Crippen LogP contribution >= 0.6 is 0 Å². The second-order valence-corrected chi connectivity index (χ2v) is 3.14. The smallest absolute Gasteiger partial charge is 0.0596 e. The van der Waals surface area contributed by atoms with Gasteiger partial charge in [-0.15, -0.1) is 0 Å². The Morgan fingerprint density at radius 1 is 1.00 bits per heavy atom. The van der Waals surface area contributed by atoms with Crippen molar-refractivity contribution < 1.29 is 0 Å². The molecular weight excluding hydrogens is 160 g/mol. The molecule has 0 aliphatic heterocycles. The van der Waals surface area contributed by atoms with Gasteiger partial charge in [0.2, 0.25) is 0 Å². The quantitative estimate of drug-likeness (QED) is 0.521. The van der Waals surface area contributed by atoms with Gasteiger partial charge < -0.3 is 10.6 Å². The first kappa shape index (κ1) is 18.2. The van der Waals surface area contributed by atoms with Crippen LogP contribution in [0.3, 0.4) is 0 Å². The van der Waals surface area contributed by atoms with E-state index in [2.05, 4.69) is 50.3 Å². The molecule has 0 saturated heterocycles. The predicted molar refractivity (Wildman–Crippen MR) is 62.6 cm³/mol. The summed E-state index contributed by atoms with van der Waals surface area (Å²) in [6.07, 6.45) is 0. The molecule has 0 radical (unpaired) electrons. The summed E-state index contributed by atoms with van der Waals surface area (Å²) in [6.45, 7) is 9.13. The van der Waals surface area contributed by atoms with Crippen LogP contribution in [0.4, 0.5) is 0 Å². The van der Waals surface area contributed by atoms with Crippen LogP contribution in [0, 0.1) is 12.0 Å². The lowest BCUT2D eigenvalue weighted by Crippen LogP contribution is -2.23. The summed E-state index contributed by atoms with van der Waals surface area (Å²) in [4.78, 5) is 0. The van der Waals surface area contributed by atoms with Gasteiger partial charge in [0.25, 0.3) is 0 Å². The van der Waals surface area contributed by atoms with Crippen LogP contribution in [0.2, 0.25) is 0 Å². The molecule has 13 heavy (non-hydrogen) atoms. The molecule has 0 atom stereocenters. The van der Waals surface area contributed by atoms with E-state index < -0.39 is 0 Å². The fourth-order valence-corrected chi connectivity index (χ4v) is 0.495. The lowest BCUT2D eigenvalue weighted by Gasteiger charge is -2.02. The minimum atomic E-state index is 0. The third kappa shape index (κ3) is 18.4. The van der Waals surface area contributed by atoms with E-state index in [1.54, 1.807) is 0 Å². The molecule has 0 unspecified atom stereocenters. The molecule has 0 aromatic heterocycles. The Balaban J connectivity index is -0.000000500. The molecule has 2 N–H and O–H groups in total. The molecule has 2 heteroatoms. The second kappa shape index (κ2) is 11.3. The molecule has 0 aromatic carbocycles. The molecule has 0 aliphatic rings. The zero-order chi connectivity index (χ0) is 8.69. The Labute approximate surface area is 84.5 Å². The van der Waals surface area contributed by atoms with Crippen LogP contribution in [0.1, 0.15) is 42.5 Å². The first-order chi connectivity index (χ1) is 5.13. The van der Waals surface area contributed by atoms with E-state index in [1.165, 1.54) is 0 Å². The van der Waals surface area contributed by atoms with E-state index in [0.717, 1.165) is 6.54 Å². The van der Waals surface area contributed by atoms with E-state index in [9.17, 15) is 0 Å². The Morgan fingerprint density at radius 3 is 1.92 bits per heavy atom. The van der Waals surface area contributed by atoms with Gasteiger partial charge >= 0.3 is 0 Å². The Morgan fingerprint density at radius 2 is 1.54 bits per heavy atom. The molecule has 0 heterocycles. The summed E-state index contributed by atoms with van der Waals surface area (Å²) in [7, 11) is 0. The monoisotopic (exact) mass is 186 g/mol. The highest BCUT2D eigenvalue weighted by Crippen LogP contribution is 1.73. The molecule has 0 aliphatic carbocycles. The van der Waals surface area contributed by atoms with Crippen LogP contribution in [-0.4, -0.2) is 18.6 Å². The normalized spacial score (nSPS) is 8.15. The molecule has 0 amide bonds. The van der Waals surface area contributed by atoms with Gasteiger partial charge in [0.15, 0.2) is 0 Å². The number of nitrogens with one attached hydrogen (secondary N) is 2. The molecule has 0 spiro atoms. The number of hydrogen-bond donors (Lipinski definition) is 2. The Kier molecular flexibility index (Phi) is 15.8. The van der Waals surface area contributed by atoms with Gasteiger partial charge in [-0.25, -0.2) is 0 Å². The van der Waals surface area contributed by atoms with Gasteiger partial charge in [-0.3, -0.25) is 0 Å². The first-order valence-corrected chi connectivity index (χ1v) is 4.09. The zero-order valence-electron chi connectivity index (χ0n) is 7.86. The van der Waals surface area contributed by atoms with Crippen molar-refractivity contribution in [2.24, 2.45) is 0 Å². The van der Waals surface area contributed by atoms with E-state index in [1.807, 2.05) is 0 Å². The largest absolute Gasteiger partial charge is 0.343 e. The standard InChI is InChI=1S/C9H18N2.2CH4/c1-8(2)10-6-5-7-11-9(3)4;;/h8-11H,6H2,1-4H3;2*1H4. The van der Waals surface area contributed by atoms with E-state index in [-0.39, 0.29) is 14.9 Å². The minimum absolute atomic E-state index is 0. The van der Waals surface area contributed by atoms with Crippen molar-refractivity contribution in [2.75, 3.05) is 6.54 Å². The van der Waals surface area contributed by atoms with Gasteiger partial charge in [-0.1, -0.05) is 20.8 Å². The fourth-order valence-electron chi connectivity index (χ4n) is 0.495. The maximum absolute atomic E-state index is 3.21. The number of hydrogen-bond acceptors (Lipinski definition) is 2. The fraction of sp³-hybridized carbons (Fsp3) is 0.818. The molecule has 80 valence electrons. The summed E-state index contributed by atoms with van der Waals surface area (Å²) in [5.74, 6) is 2.98. The van der Waals surface area contributed by atoms with Crippen LogP contribution in [0.5, 0.6) is 0 Å². The third-order valence-corrected chi connectivity index (χ3v) is 1.05. The van der Waals surface area contributed by atoms with Crippen molar-refractivity contribution in [3.8, 4) is 12.0 Å². The Bertz CT molecular complexity index is 140. The summed E-state index contributed by atoms with van der Waals surface area (Å²) < 4.78 is 0. The van der Waals surface area contributed by atoms with Crippen LogP contribution < -0.4 is 10.6 Å². The highest BCUT2D eigenvalue weighted by molar-refractivity contribution is 4.99. The predicted octanol–water partition coefficient (Wildman–Crippen LogP) is 2.22. The highest BCUT2D eigenvalue weighted by Gasteiger charge is 1.86. The zero-order valence-corrected chi connectivity index (χ0v) is 7.86. The minimum Gasteiger partial charge on any atom is -0.343 e. The summed E-state index contributed by atoms with van der Waals surface area (Å²) >= 11 is 0. The van der Waals surface area contributed by atoms with Crippen LogP contribution in [-0.2, 0) is 0 Å². The van der Waals surface area contributed by atoms with Crippen LogP contribution in [0.15, 0.2) is 0 Å². The first-order valence-electron chi connectivity index (χ1n) is 4.09. The van der Waals surface area contributed by atoms with Crippen LogP contribution in [0.25, 0.3) is 0 Å². The molecule has 0 saturated carbocycles. The van der Waals surface area contributed by atoms with Gasteiger partial charge in [0.1, 0.15) is 0 Å². The average Bonchev–Trinajstić information content (AvgIpc) is 1.85. The van der Waals surface area contributed by atoms with Gasteiger partial charge in [0.05, 0.1) is 6.54 Å². The van der Waals surface area contributed by atoms with Crippen molar-refractivity contribution in [3.63, 3.8) is 0 Å². The topological polar surface area (TPSA) is 24.1 Å². The SMILES string of the molecule is C.C.CC(C)NC#CCNC(C)C. The van der Waals surface area contributed by atoms with Crippen molar-refractivity contribution in [1.29, 1.82) is 0 Å². The Hall–Kier alpha value is -0.680. The number of rotatable bonds is 3. The average molecular weight is 186 g/mol. The lowest BCUT2D eigenvalue weighted by atomic mass is 10.4. The van der Waals surface area contributed by atoms with Gasteiger partial charge in [-0.2, -0.15) is 0 Å². The summed E-state index contributed by atoms with van der Waals surface area (Å²) in [6, 6.07) is 3.84. The molecule has 0 bridgehead atoms. The second-order valence-electron chi connectivity index (χ2n) is 3.14. The highest BCUT2D eigenvalue weighted by atomic mass is 14.9. The molecule has 0 fully saturated rings. The van der Waals surface area contributed by atoms with Crippen molar-refractivity contribution in [1.82, 2.24) is 10.6 Å². The molecular formula is C11H26N2. The summed E-state index contributed by atoms with van der Waals surface area (Å²) in [5.41, 5.74) is 0. The van der Waals surface area contributed by atoms with Gasteiger partial charge in [0, 0.05) is 18.1 Å². The third-order valence-electron chi connectivity index (χ3n) is 1.05. The summed E-state index contributed by atoms with van der Waals surface area (Å²) in [5, 5.41) is 6.22. The van der Waals surface area contributed by atoms with E-state index >= 15 is 0 Å². The van der Waals surface area contributed by atoms with Crippen molar-refractivity contribution in [2.45, 2.75) is 54.6 Å². The maximum atomic E-state index is 3.21. The van der Waals surface area contributed by atoms with E-state index in [4.69, 9.17) is 0 Å². The van der Waals surface area contributed by atoms with Gasteiger partial charge in [-0.05, 0) is 27.7 Å². The molecule has 2 nitrogen and oxygen atoms in total. The molecule has 0 rings (SSSR count). The van der Waals surface area contributed by atoms with Crippen molar-refractivity contribution >= 4 is 0 Å². The molecule has 0 aromatic rings. The van der Waals surface area contributed by atoms with Crippen molar-refractivity contribution in [3.05, 3.63) is 0 Å².